The van der Waals surface area contributed by atoms with E-state index >= 15 is 0 Å². The third kappa shape index (κ3) is 3.20. The Morgan fingerprint density at radius 1 is 0.889 bits per heavy atom. The Morgan fingerprint density at radius 3 is 2.44 bits per heavy atom. The number of aromatic nitrogens is 1. The first-order chi connectivity index (χ1) is 17.2. The van der Waals surface area contributed by atoms with Gasteiger partial charge in [-0.3, -0.25) is 0 Å². The van der Waals surface area contributed by atoms with Gasteiger partial charge in [0.15, 0.2) is 0 Å². The van der Waals surface area contributed by atoms with Gasteiger partial charge in [0.25, 0.3) is 0 Å². The summed E-state index contributed by atoms with van der Waals surface area (Å²) in [6, 6.07) is 19.4. The van der Waals surface area contributed by atoms with Gasteiger partial charge in [-0.15, -0.1) is 11.3 Å². The summed E-state index contributed by atoms with van der Waals surface area (Å²) < 4.78 is 17.8. The van der Waals surface area contributed by atoms with Crippen LogP contribution in [0.3, 0.4) is 0 Å². The van der Waals surface area contributed by atoms with Gasteiger partial charge in [0.1, 0.15) is 0 Å². The quantitative estimate of drug-likeness (QED) is 0.259. The molecule has 1 aliphatic heterocycles. The van der Waals surface area contributed by atoms with Gasteiger partial charge in [-0.1, -0.05) is 48.0 Å². The molecule has 3 nitrogen and oxygen atoms in total. The van der Waals surface area contributed by atoms with Crippen LogP contribution in [-0.2, 0) is 9.31 Å². The summed E-state index contributed by atoms with van der Waals surface area (Å²) in [5.41, 5.74) is 2.36. The van der Waals surface area contributed by atoms with Crippen molar-refractivity contribution in [1.29, 1.82) is 0 Å². The lowest BCUT2D eigenvalue weighted by molar-refractivity contribution is 0.00578. The third-order valence-corrected chi connectivity index (χ3v) is 9.52. The standard InChI is InChI=1S/C30H27BClNO2S/c1-29(2)30(3,4)35-31(34-29)18-15-19(32)17-20(16-18)33-24-11-7-5-10-23(24)27-25(33)14-13-22-21-9-6-8-12-26(21)36-28(22)27/h6,8-17H,5,7H2,1-4H3. The van der Waals surface area contributed by atoms with Gasteiger partial charge < -0.3 is 13.9 Å². The predicted molar refractivity (Wildman–Crippen MR) is 154 cm³/mol. The summed E-state index contributed by atoms with van der Waals surface area (Å²) in [5.74, 6) is 0. The van der Waals surface area contributed by atoms with E-state index in [0.29, 0.717) is 5.02 Å². The minimum absolute atomic E-state index is 0.408. The Kier molecular flexibility index (Phi) is 4.85. The molecule has 1 aliphatic carbocycles. The zero-order valence-electron chi connectivity index (χ0n) is 20.9. The molecule has 2 aromatic heterocycles. The van der Waals surface area contributed by atoms with Crippen LogP contribution < -0.4 is 16.0 Å². The maximum Gasteiger partial charge on any atom is 0.494 e. The number of hydrogen-bond donors (Lipinski definition) is 0. The molecule has 3 heterocycles. The highest BCUT2D eigenvalue weighted by atomic mass is 35.5. The largest absolute Gasteiger partial charge is 0.494 e. The average molecular weight is 512 g/mol. The highest BCUT2D eigenvalue weighted by molar-refractivity contribution is 7.26. The highest BCUT2D eigenvalue weighted by Gasteiger charge is 2.51. The fourth-order valence-corrected chi connectivity index (χ4v) is 7.07. The summed E-state index contributed by atoms with van der Waals surface area (Å²) in [6.45, 7) is 8.31. The summed E-state index contributed by atoms with van der Waals surface area (Å²) in [6.07, 6.45) is 6.85. The van der Waals surface area contributed by atoms with Crippen LogP contribution in [0.15, 0.2) is 54.6 Å². The summed E-state index contributed by atoms with van der Waals surface area (Å²) in [5, 5.41) is 7.22. The molecular formula is C30H27BClNO2S. The molecule has 5 aromatic rings. The monoisotopic (exact) mass is 511 g/mol. The maximum absolute atomic E-state index is 6.73. The van der Waals surface area contributed by atoms with Crippen LogP contribution in [-0.4, -0.2) is 22.9 Å². The molecule has 0 radical (unpaired) electrons. The van der Waals surface area contributed by atoms with Gasteiger partial charge in [-0.05, 0) is 76.3 Å². The number of nitrogens with zero attached hydrogens (tertiary/aromatic N) is 1. The van der Waals surface area contributed by atoms with E-state index in [4.69, 9.17) is 20.9 Å². The molecule has 1 fully saturated rings. The highest BCUT2D eigenvalue weighted by Crippen LogP contribution is 2.39. The van der Waals surface area contributed by atoms with Crippen molar-refractivity contribution in [2.75, 3.05) is 0 Å². The number of fused-ring (bicyclic) bond motifs is 7. The van der Waals surface area contributed by atoms with Crippen LogP contribution >= 0.6 is 22.9 Å². The smallest absolute Gasteiger partial charge is 0.399 e. The van der Waals surface area contributed by atoms with Crippen LogP contribution in [0.5, 0.6) is 0 Å². The zero-order chi connectivity index (χ0) is 24.8. The van der Waals surface area contributed by atoms with Crippen molar-refractivity contribution in [3.63, 3.8) is 0 Å². The number of halogens is 1. The van der Waals surface area contributed by atoms with Crippen LogP contribution in [0.1, 0.15) is 40.5 Å². The molecule has 6 heteroatoms. The minimum atomic E-state index is -0.463. The third-order valence-electron chi connectivity index (χ3n) is 8.09. The Hall–Kier alpha value is -2.57. The molecule has 2 aliphatic rings. The molecule has 36 heavy (non-hydrogen) atoms. The minimum Gasteiger partial charge on any atom is -0.399 e. The molecule has 0 spiro atoms. The Balaban J connectivity index is 1.50. The Morgan fingerprint density at radius 2 is 1.64 bits per heavy atom. The number of hydrogen-bond acceptors (Lipinski definition) is 3. The van der Waals surface area contributed by atoms with Crippen molar-refractivity contribution in [2.24, 2.45) is 0 Å². The molecule has 0 bridgehead atoms. The molecular weight excluding hydrogens is 485 g/mol. The lowest BCUT2D eigenvalue weighted by Gasteiger charge is -2.32. The zero-order valence-corrected chi connectivity index (χ0v) is 22.5. The molecule has 0 atom stereocenters. The van der Waals surface area contributed by atoms with Crippen LogP contribution in [0.2, 0.25) is 5.02 Å². The van der Waals surface area contributed by atoms with E-state index in [9.17, 15) is 0 Å². The van der Waals surface area contributed by atoms with Gasteiger partial charge in [-0.2, -0.15) is 0 Å². The van der Waals surface area contributed by atoms with Crippen molar-refractivity contribution in [1.82, 2.24) is 4.57 Å². The fraction of sp³-hybridized carbons (Fsp3) is 0.267. The van der Waals surface area contributed by atoms with Crippen molar-refractivity contribution < 1.29 is 9.31 Å². The van der Waals surface area contributed by atoms with Gasteiger partial charge in [0.2, 0.25) is 0 Å². The second-order valence-corrected chi connectivity index (χ2v) is 12.4. The van der Waals surface area contributed by atoms with E-state index in [1.807, 2.05) is 23.5 Å². The normalized spacial score (nSPS) is 18.5. The number of benzene rings is 3. The Labute approximate surface area is 219 Å². The van der Waals surface area contributed by atoms with Crippen molar-refractivity contribution >= 4 is 78.7 Å². The Bertz CT molecular complexity index is 1820. The van der Waals surface area contributed by atoms with Crippen molar-refractivity contribution in [3.8, 4) is 5.69 Å². The molecule has 0 amide bonds. The first-order valence-corrected chi connectivity index (χ1v) is 13.7. The van der Waals surface area contributed by atoms with Crippen molar-refractivity contribution in [3.05, 3.63) is 70.2 Å². The fourth-order valence-electron chi connectivity index (χ4n) is 5.58. The molecule has 0 unspecified atom stereocenters. The first-order valence-electron chi connectivity index (χ1n) is 12.6. The SMILES string of the molecule is CC1(C)OB(c2cc(Cl)cc(-n3c4c(c5c6sc7ccccc7c6ccc53)=CCCC=4)c2)OC1(C)C. The average Bonchev–Trinajstić information content (AvgIpc) is 3.45. The van der Waals surface area contributed by atoms with Gasteiger partial charge in [0.05, 0.1) is 16.7 Å². The molecule has 7 rings (SSSR count). The maximum atomic E-state index is 6.73. The van der Waals surface area contributed by atoms with Crippen LogP contribution in [0.25, 0.3) is 48.9 Å². The molecule has 3 aromatic carbocycles. The topological polar surface area (TPSA) is 23.4 Å². The van der Waals surface area contributed by atoms with Gasteiger partial charge >= 0.3 is 7.12 Å². The van der Waals surface area contributed by atoms with Gasteiger partial charge in [-0.25, -0.2) is 0 Å². The predicted octanol–water partition coefficient (Wildman–Crippen LogP) is 6.31. The summed E-state index contributed by atoms with van der Waals surface area (Å²) in [7, 11) is -0.463. The number of thiophene rings is 1. The first kappa shape index (κ1) is 22.6. The lowest BCUT2D eigenvalue weighted by atomic mass is 9.79. The van der Waals surface area contributed by atoms with Gasteiger partial charge in [0, 0.05) is 46.8 Å². The lowest BCUT2D eigenvalue weighted by Crippen LogP contribution is -2.41. The molecule has 180 valence electrons. The molecule has 1 saturated heterocycles. The molecule has 0 saturated carbocycles. The second kappa shape index (κ2) is 7.72. The summed E-state index contributed by atoms with van der Waals surface area (Å²) in [4.78, 5) is 0. The van der Waals surface area contributed by atoms with Crippen molar-refractivity contribution in [2.45, 2.75) is 51.7 Å². The van der Waals surface area contributed by atoms with E-state index in [2.05, 4.69) is 86.9 Å². The van der Waals surface area contributed by atoms with E-state index in [0.717, 1.165) is 24.0 Å². The van der Waals surface area contributed by atoms with E-state index in [-0.39, 0.29) is 0 Å². The van der Waals surface area contributed by atoms with Crippen LogP contribution in [0, 0.1) is 0 Å². The van der Waals surface area contributed by atoms with E-state index < -0.39 is 18.3 Å². The second-order valence-electron chi connectivity index (χ2n) is 10.9. The van der Waals surface area contributed by atoms with E-state index in [1.165, 1.54) is 41.6 Å². The number of rotatable bonds is 2. The molecule has 0 N–H and O–H groups in total. The van der Waals surface area contributed by atoms with E-state index in [1.54, 1.807) is 0 Å². The summed E-state index contributed by atoms with van der Waals surface area (Å²) >= 11 is 8.62. The van der Waals surface area contributed by atoms with Crippen LogP contribution in [0.4, 0.5) is 0 Å².